The van der Waals surface area contributed by atoms with Gasteiger partial charge < -0.3 is 9.32 Å². The molecule has 1 aliphatic carbocycles. The molecule has 1 saturated carbocycles. The number of nitrogens with zero attached hydrogens (tertiary/aromatic N) is 3. The van der Waals surface area contributed by atoms with Crippen LogP contribution in [-0.2, 0) is 9.59 Å². The highest BCUT2D eigenvalue weighted by Gasteiger charge is 2.40. The van der Waals surface area contributed by atoms with E-state index in [1.165, 1.54) is 0 Å². The molecule has 1 N–H and O–H groups in total. The minimum atomic E-state index is -0.512. The zero-order chi connectivity index (χ0) is 21.7. The van der Waals surface area contributed by atoms with Crippen molar-refractivity contribution in [1.29, 1.82) is 0 Å². The monoisotopic (exact) mass is 428 g/mol. The highest BCUT2D eigenvalue weighted by Crippen LogP contribution is 2.35. The van der Waals surface area contributed by atoms with Crippen molar-refractivity contribution in [1.82, 2.24) is 10.3 Å². The van der Waals surface area contributed by atoms with Gasteiger partial charge in [0.15, 0.2) is 12.5 Å². The van der Waals surface area contributed by atoms with Crippen LogP contribution >= 0.6 is 0 Å². The van der Waals surface area contributed by atoms with Gasteiger partial charge >= 0.3 is 0 Å². The summed E-state index contributed by atoms with van der Waals surface area (Å²) in [4.78, 5) is 27.8. The number of hydrogen-bond donors (Lipinski definition) is 1. The van der Waals surface area contributed by atoms with E-state index in [1.54, 1.807) is 6.26 Å². The van der Waals surface area contributed by atoms with E-state index in [-0.39, 0.29) is 5.92 Å². The number of benzene rings is 2. The summed E-state index contributed by atoms with van der Waals surface area (Å²) < 4.78 is 5.43. The van der Waals surface area contributed by atoms with Gasteiger partial charge in [-0.05, 0) is 54.3 Å². The summed E-state index contributed by atoms with van der Waals surface area (Å²) >= 11 is 0. The van der Waals surface area contributed by atoms with E-state index < -0.39 is 6.17 Å². The molecule has 2 fully saturated rings. The molecule has 1 atom stereocenters. The number of amides is 1. The van der Waals surface area contributed by atoms with Gasteiger partial charge in [-0.25, -0.2) is 0 Å². The summed E-state index contributed by atoms with van der Waals surface area (Å²) in [7, 11) is 0. The van der Waals surface area contributed by atoms with E-state index in [9.17, 15) is 9.59 Å². The summed E-state index contributed by atoms with van der Waals surface area (Å²) in [6.07, 6.45) is 4.88. The molecule has 3 aliphatic rings. The summed E-state index contributed by atoms with van der Waals surface area (Å²) in [5.41, 5.74) is 6.94. The molecular formula is C25H24N4O3. The Morgan fingerprint density at radius 2 is 1.88 bits per heavy atom. The molecule has 6 rings (SSSR count). The summed E-state index contributed by atoms with van der Waals surface area (Å²) in [5.74, 6) is 1.80. The van der Waals surface area contributed by atoms with Crippen LogP contribution in [0.4, 0.5) is 5.69 Å². The number of furan rings is 1. The second kappa shape index (κ2) is 7.51. The van der Waals surface area contributed by atoms with Crippen LogP contribution in [0.3, 0.4) is 0 Å². The standard InChI is InChI=1S/C25H24N4O3/c30-15-24-27-26-23(11-16-13-28(14-16)25(31)18-1-2-18)29(24)21-6-3-17(4-7-21)19-5-8-22-20(12-19)9-10-32-22/h3-10,12,15-16,18,24,27H,1-2,11,13-14H2. The molecule has 1 saturated heterocycles. The molecule has 0 spiro atoms. The van der Waals surface area contributed by atoms with Crippen molar-refractivity contribution in [2.75, 3.05) is 18.0 Å². The summed E-state index contributed by atoms with van der Waals surface area (Å²) in [6, 6.07) is 16.3. The van der Waals surface area contributed by atoms with Gasteiger partial charge in [-0.2, -0.15) is 5.10 Å². The number of aldehydes is 1. The fraction of sp³-hybridized carbons (Fsp3) is 0.320. The largest absolute Gasteiger partial charge is 0.464 e. The minimum absolute atomic E-state index is 0.269. The van der Waals surface area contributed by atoms with Crippen molar-refractivity contribution in [2.24, 2.45) is 16.9 Å². The third-order valence-corrected chi connectivity index (χ3v) is 6.61. The zero-order valence-electron chi connectivity index (χ0n) is 17.6. The molecule has 2 aromatic carbocycles. The molecule has 1 amide bonds. The maximum Gasteiger partial charge on any atom is 0.225 e. The number of nitrogens with one attached hydrogen (secondary N) is 1. The van der Waals surface area contributed by atoms with E-state index in [0.717, 1.165) is 72.3 Å². The molecule has 0 bridgehead atoms. The smallest absolute Gasteiger partial charge is 0.225 e. The van der Waals surface area contributed by atoms with Crippen molar-refractivity contribution in [3.05, 3.63) is 54.8 Å². The zero-order valence-corrected chi connectivity index (χ0v) is 17.6. The number of rotatable bonds is 6. The summed E-state index contributed by atoms with van der Waals surface area (Å²) in [5, 5.41) is 5.51. The molecule has 162 valence electrons. The highest BCUT2D eigenvalue weighted by atomic mass is 16.3. The molecule has 0 radical (unpaired) electrons. The average Bonchev–Trinajstić information content (AvgIpc) is 3.40. The Balaban J connectivity index is 1.17. The van der Waals surface area contributed by atoms with Gasteiger partial charge in [0.05, 0.1) is 6.26 Å². The number of carbonyl (C=O) groups excluding carboxylic acids is 2. The Hall–Kier alpha value is -3.61. The SMILES string of the molecule is O=CC1NN=C(CC2CN(C(=O)C3CC3)C2)N1c1ccc(-c2ccc3occc3c2)cc1. The van der Waals surface area contributed by atoms with E-state index in [1.807, 2.05) is 40.1 Å². The van der Waals surface area contributed by atoms with Crippen molar-refractivity contribution in [2.45, 2.75) is 25.4 Å². The molecule has 32 heavy (non-hydrogen) atoms. The maximum absolute atomic E-state index is 12.2. The fourth-order valence-corrected chi connectivity index (χ4v) is 4.64. The first-order valence-electron chi connectivity index (χ1n) is 11.1. The number of likely N-dealkylation sites (tertiary alicyclic amines) is 1. The van der Waals surface area contributed by atoms with Crippen LogP contribution in [0, 0.1) is 11.8 Å². The lowest BCUT2D eigenvalue weighted by Gasteiger charge is -2.40. The maximum atomic E-state index is 12.2. The van der Waals surface area contributed by atoms with Crippen LogP contribution in [0.25, 0.3) is 22.1 Å². The molecule has 7 heteroatoms. The van der Waals surface area contributed by atoms with Gasteiger partial charge in [0.2, 0.25) is 5.91 Å². The van der Waals surface area contributed by atoms with E-state index in [2.05, 4.69) is 28.7 Å². The van der Waals surface area contributed by atoms with Crippen LogP contribution in [0.5, 0.6) is 0 Å². The average molecular weight is 428 g/mol. The van der Waals surface area contributed by atoms with Gasteiger partial charge in [0.25, 0.3) is 0 Å². The fourth-order valence-electron chi connectivity index (χ4n) is 4.64. The Labute approximate surface area is 185 Å². The van der Waals surface area contributed by atoms with Crippen LogP contribution in [-0.4, -0.2) is 42.2 Å². The molecule has 3 heterocycles. The third kappa shape index (κ3) is 3.34. The van der Waals surface area contributed by atoms with E-state index in [0.29, 0.717) is 11.8 Å². The van der Waals surface area contributed by atoms with Crippen molar-refractivity contribution in [3.8, 4) is 11.1 Å². The number of carbonyl (C=O) groups is 2. The highest BCUT2D eigenvalue weighted by molar-refractivity contribution is 6.03. The first kappa shape index (κ1) is 19.1. The quantitative estimate of drug-likeness (QED) is 0.607. The molecule has 7 nitrogen and oxygen atoms in total. The number of hydrogen-bond acceptors (Lipinski definition) is 6. The minimum Gasteiger partial charge on any atom is -0.464 e. The third-order valence-electron chi connectivity index (χ3n) is 6.61. The van der Waals surface area contributed by atoms with Crippen LogP contribution < -0.4 is 10.3 Å². The molecule has 1 unspecified atom stereocenters. The lowest BCUT2D eigenvalue weighted by atomic mass is 9.94. The molecule has 2 aliphatic heterocycles. The van der Waals surface area contributed by atoms with Gasteiger partial charge in [0.1, 0.15) is 11.4 Å². The van der Waals surface area contributed by atoms with Gasteiger partial charge in [0, 0.05) is 42.4 Å². The Bertz CT molecular complexity index is 1210. The van der Waals surface area contributed by atoms with Gasteiger partial charge in [-0.3, -0.25) is 19.9 Å². The van der Waals surface area contributed by atoms with Crippen molar-refractivity contribution < 1.29 is 14.0 Å². The van der Waals surface area contributed by atoms with Crippen LogP contribution in [0.2, 0.25) is 0 Å². The van der Waals surface area contributed by atoms with Crippen LogP contribution in [0.15, 0.2) is 64.3 Å². The Morgan fingerprint density at radius 3 is 2.62 bits per heavy atom. The molecular weight excluding hydrogens is 404 g/mol. The molecule has 1 aromatic heterocycles. The first-order chi connectivity index (χ1) is 15.7. The number of fused-ring (bicyclic) bond motifs is 1. The Kier molecular flexibility index (Phi) is 4.48. The topological polar surface area (TPSA) is 78.2 Å². The van der Waals surface area contributed by atoms with Gasteiger partial charge in [-0.15, -0.1) is 0 Å². The molecule has 3 aromatic rings. The van der Waals surface area contributed by atoms with Crippen LogP contribution in [0.1, 0.15) is 19.3 Å². The second-order valence-corrected chi connectivity index (χ2v) is 8.92. The lowest BCUT2D eigenvalue weighted by Crippen LogP contribution is -2.52. The van der Waals surface area contributed by atoms with Gasteiger partial charge in [-0.1, -0.05) is 18.2 Å². The number of amidine groups is 1. The summed E-state index contributed by atoms with van der Waals surface area (Å²) in [6.45, 7) is 1.56. The normalized spacial score (nSPS) is 20.8. The predicted octanol–water partition coefficient (Wildman–Crippen LogP) is 3.61. The van der Waals surface area contributed by atoms with Crippen molar-refractivity contribution in [3.63, 3.8) is 0 Å². The second-order valence-electron chi connectivity index (χ2n) is 8.92. The lowest BCUT2D eigenvalue weighted by molar-refractivity contribution is -0.138. The van der Waals surface area contributed by atoms with E-state index in [4.69, 9.17) is 4.42 Å². The first-order valence-corrected chi connectivity index (χ1v) is 11.1. The van der Waals surface area contributed by atoms with E-state index >= 15 is 0 Å². The number of hydrazone groups is 1. The number of anilines is 1. The Morgan fingerprint density at radius 1 is 1.09 bits per heavy atom. The van der Waals surface area contributed by atoms with Crippen molar-refractivity contribution >= 4 is 34.7 Å². The predicted molar refractivity (Wildman–Crippen MR) is 122 cm³/mol.